The predicted octanol–water partition coefficient (Wildman–Crippen LogP) is 0.319. The van der Waals surface area contributed by atoms with Gasteiger partial charge in [-0.3, -0.25) is 9.97 Å². The Hall–Kier alpha value is -1.43. The molecule has 0 saturated carbocycles. The predicted molar refractivity (Wildman–Crippen MR) is 46.5 cm³/mol. The lowest BCUT2D eigenvalue weighted by Gasteiger charge is -1.91. The number of imidazole rings is 1. The average molecular weight is 182 g/mol. The number of fused-ring (bicyclic) bond motifs is 1. The highest BCUT2D eigenvalue weighted by atomic mass is 32.1. The zero-order valence-electron chi connectivity index (χ0n) is 6.29. The Kier molecular flexibility index (Phi) is 1.37. The van der Waals surface area contributed by atoms with Gasteiger partial charge in [0.1, 0.15) is 10.2 Å². The Balaban J connectivity index is 3.13. The van der Waals surface area contributed by atoms with Crippen LogP contribution in [-0.4, -0.2) is 19.5 Å². The molecular weight excluding hydrogens is 176 g/mol. The minimum atomic E-state index is -0.328. The van der Waals surface area contributed by atoms with Crippen molar-refractivity contribution in [2.45, 2.75) is 0 Å². The first-order valence-electron chi connectivity index (χ1n) is 3.32. The molecule has 2 rings (SSSR count). The van der Waals surface area contributed by atoms with E-state index in [1.54, 1.807) is 10.9 Å². The van der Waals surface area contributed by atoms with Gasteiger partial charge in [0.2, 0.25) is 0 Å². The van der Waals surface area contributed by atoms with E-state index in [0.717, 1.165) is 5.52 Å². The highest BCUT2D eigenvalue weighted by Crippen LogP contribution is 2.05. The second-order valence-corrected chi connectivity index (χ2v) is 2.87. The summed E-state index contributed by atoms with van der Waals surface area (Å²) in [7, 11) is 1.82. The van der Waals surface area contributed by atoms with Crippen LogP contribution in [0.15, 0.2) is 11.1 Å². The van der Waals surface area contributed by atoms with E-state index in [1.807, 2.05) is 7.05 Å². The fraction of sp³-hybridized carbons (Fsp3) is 0.167. The molecule has 0 aliphatic heterocycles. The molecule has 0 aromatic carbocycles. The van der Waals surface area contributed by atoms with Crippen molar-refractivity contribution in [2.75, 3.05) is 0 Å². The van der Waals surface area contributed by atoms with Gasteiger partial charge < -0.3 is 4.57 Å². The molecule has 0 atom stereocenters. The molecule has 6 heteroatoms. The number of aromatic amines is 2. The summed E-state index contributed by atoms with van der Waals surface area (Å²) >= 11 is 4.95. The minimum absolute atomic E-state index is 0.328. The number of hydrogen-bond acceptors (Lipinski definition) is 3. The van der Waals surface area contributed by atoms with Gasteiger partial charge in [0.25, 0.3) is 0 Å². The molecule has 62 valence electrons. The van der Waals surface area contributed by atoms with Crippen molar-refractivity contribution < 1.29 is 0 Å². The van der Waals surface area contributed by atoms with Crippen LogP contribution in [0.25, 0.3) is 11.2 Å². The van der Waals surface area contributed by atoms with E-state index < -0.39 is 0 Å². The SMILES string of the molecule is Cn1cnc2[nH]c(=O)[nH]c(=S)c21. The molecule has 0 saturated heterocycles. The zero-order chi connectivity index (χ0) is 8.72. The van der Waals surface area contributed by atoms with Gasteiger partial charge in [0.15, 0.2) is 5.65 Å². The molecule has 0 aliphatic carbocycles. The van der Waals surface area contributed by atoms with E-state index in [0.29, 0.717) is 10.3 Å². The standard InChI is InChI=1S/C6H6N4OS/c1-10-2-7-4-3(10)5(12)9-6(11)8-4/h2H,1H3,(H2,8,9,11,12). The fourth-order valence-electron chi connectivity index (χ4n) is 1.09. The Morgan fingerprint density at radius 2 is 2.33 bits per heavy atom. The largest absolute Gasteiger partial charge is 0.330 e. The van der Waals surface area contributed by atoms with Crippen molar-refractivity contribution in [3.63, 3.8) is 0 Å². The van der Waals surface area contributed by atoms with Gasteiger partial charge in [-0.15, -0.1) is 0 Å². The van der Waals surface area contributed by atoms with Crippen molar-refractivity contribution in [3.8, 4) is 0 Å². The lowest BCUT2D eigenvalue weighted by atomic mass is 10.5. The average Bonchev–Trinajstić information content (AvgIpc) is 2.31. The van der Waals surface area contributed by atoms with Crippen LogP contribution in [0.4, 0.5) is 0 Å². The first kappa shape index (κ1) is 7.23. The summed E-state index contributed by atoms with van der Waals surface area (Å²) < 4.78 is 2.16. The highest BCUT2D eigenvalue weighted by Gasteiger charge is 2.01. The molecule has 0 aliphatic rings. The molecule has 0 unspecified atom stereocenters. The summed E-state index contributed by atoms with van der Waals surface area (Å²) in [4.78, 5) is 19.9. The Morgan fingerprint density at radius 1 is 1.58 bits per heavy atom. The van der Waals surface area contributed by atoms with Crippen LogP contribution in [0.3, 0.4) is 0 Å². The van der Waals surface area contributed by atoms with E-state index in [2.05, 4.69) is 15.0 Å². The summed E-state index contributed by atoms with van der Waals surface area (Å²) in [6.45, 7) is 0. The molecule has 2 heterocycles. The molecule has 2 aromatic heterocycles. The minimum Gasteiger partial charge on any atom is -0.330 e. The quantitative estimate of drug-likeness (QED) is 0.576. The van der Waals surface area contributed by atoms with E-state index in [9.17, 15) is 4.79 Å². The van der Waals surface area contributed by atoms with Gasteiger partial charge in [-0.25, -0.2) is 9.78 Å². The number of nitrogens with one attached hydrogen (secondary N) is 2. The summed E-state index contributed by atoms with van der Waals surface area (Å²) in [6.07, 6.45) is 1.60. The number of aromatic nitrogens is 4. The first-order chi connectivity index (χ1) is 5.68. The third-order valence-electron chi connectivity index (χ3n) is 1.61. The van der Waals surface area contributed by atoms with Crippen LogP contribution < -0.4 is 5.69 Å². The zero-order valence-corrected chi connectivity index (χ0v) is 7.10. The number of aryl methyl sites for hydroxylation is 1. The van der Waals surface area contributed by atoms with E-state index >= 15 is 0 Å². The van der Waals surface area contributed by atoms with Crippen LogP contribution in [0.2, 0.25) is 0 Å². The maximum atomic E-state index is 10.9. The van der Waals surface area contributed by atoms with Gasteiger partial charge in [-0.05, 0) is 0 Å². The summed E-state index contributed by atoms with van der Waals surface area (Å²) in [5.74, 6) is 0. The molecule has 0 amide bonds. The summed E-state index contributed by atoms with van der Waals surface area (Å²) in [5.41, 5.74) is 0.932. The molecular formula is C6H6N4OS. The smallest absolute Gasteiger partial charge is 0.325 e. The van der Waals surface area contributed by atoms with Crippen LogP contribution in [0, 0.1) is 4.64 Å². The maximum absolute atomic E-state index is 10.9. The van der Waals surface area contributed by atoms with E-state index in [1.165, 1.54) is 0 Å². The van der Waals surface area contributed by atoms with Gasteiger partial charge in [0.05, 0.1) is 6.33 Å². The van der Waals surface area contributed by atoms with Gasteiger partial charge in [-0.1, -0.05) is 12.2 Å². The molecule has 0 fully saturated rings. The lowest BCUT2D eigenvalue weighted by Crippen LogP contribution is -2.10. The first-order valence-corrected chi connectivity index (χ1v) is 3.73. The molecule has 0 spiro atoms. The van der Waals surface area contributed by atoms with Gasteiger partial charge >= 0.3 is 5.69 Å². The Labute approximate surface area is 72.1 Å². The maximum Gasteiger partial charge on any atom is 0.325 e. The van der Waals surface area contributed by atoms with E-state index in [-0.39, 0.29) is 5.69 Å². The Morgan fingerprint density at radius 3 is 3.08 bits per heavy atom. The second-order valence-electron chi connectivity index (χ2n) is 2.46. The molecule has 0 radical (unpaired) electrons. The number of hydrogen-bond donors (Lipinski definition) is 2. The van der Waals surface area contributed by atoms with Crippen LogP contribution in [-0.2, 0) is 7.05 Å². The van der Waals surface area contributed by atoms with Crippen LogP contribution in [0.5, 0.6) is 0 Å². The van der Waals surface area contributed by atoms with Crippen molar-refractivity contribution in [1.82, 2.24) is 19.5 Å². The molecule has 2 aromatic rings. The molecule has 2 N–H and O–H groups in total. The van der Waals surface area contributed by atoms with Gasteiger partial charge in [0, 0.05) is 7.05 Å². The van der Waals surface area contributed by atoms with Crippen LogP contribution in [0.1, 0.15) is 0 Å². The summed E-state index contributed by atoms with van der Waals surface area (Å²) in [5, 5.41) is 0. The third-order valence-corrected chi connectivity index (χ3v) is 1.91. The summed E-state index contributed by atoms with van der Waals surface area (Å²) in [6, 6.07) is 0. The number of H-pyrrole nitrogens is 2. The highest BCUT2D eigenvalue weighted by molar-refractivity contribution is 7.71. The number of nitrogens with zero attached hydrogens (tertiary/aromatic N) is 2. The van der Waals surface area contributed by atoms with E-state index in [4.69, 9.17) is 12.2 Å². The fourth-order valence-corrected chi connectivity index (χ4v) is 1.42. The van der Waals surface area contributed by atoms with Crippen molar-refractivity contribution in [2.24, 2.45) is 7.05 Å². The third kappa shape index (κ3) is 0.884. The second kappa shape index (κ2) is 2.28. The van der Waals surface area contributed by atoms with Crippen molar-refractivity contribution in [3.05, 3.63) is 21.5 Å². The normalized spacial score (nSPS) is 10.8. The molecule has 5 nitrogen and oxygen atoms in total. The topological polar surface area (TPSA) is 66.5 Å². The number of rotatable bonds is 0. The molecule has 12 heavy (non-hydrogen) atoms. The van der Waals surface area contributed by atoms with Crippen molar-refractivity contribution in [1.29, 1.82) is 0 Å². The van der Waals surface area contributed by atoms with Gasteiger partial charge in [-0.2, -0.15) is 0 Å². The molecule has 0 bridgehead atoms. The lowest BCUT2D eigenvalue weighted by molar-refractivity contribution is 0.940. The Bertz CT molecular complexity index is 534. The van der Waals surface area contributed by atoms with Crippen molar-refractivity contribution >= 4 is 23.4 Å². The monoisotopic (exact) mass is 182 g/mol. The van der Waals surface area contributed by atoms with Crippen LogP contribution >= 0.6 is 12.2 Å².